The summed E-state index contributed by atoms with van der Waals surface area (Å²) in [4.78, 5) is 0. The molecule has 2 N–H and O–H groups in total. The molecule has 0 saturated carbocycles. The molecule has 0 fully saturated rings. The maximum absolute atomic E-state index is 13.8. The molecule has 0 amide bonds. The Morgan fingerprint density at radius 3 is 2.68 bits per heavy atom. The quantitative estimate of drug-likeness (QED) is 0.705. The van der Waals surface area contributed by atoms with Gasteiger partial charge < -0.3 is 5.43 Å². The van der Waals surface area contributed by atoms with Crippen LogP contribution in [-0.2, 0) is 6.54 Å². The SMILES string of the molecule is Fc1cccc(Cl)c1CNn1c(-c2ccccc2)n[nH]c1=S. The number of H-pyrrole nitrogens is 1. The van der Waals surface area contributed by atoms with Crippen LogP contribution in [0, 0.1) is 10.6 Å². The second-order valence-corrected chi connectivity index (χ2v) is 5.38. The van der Waals surface area contributed by atoms with Crippen molar-refractivity contribution >= 4 is 23.8 Å². The topological polar surface area (TPSA) is 45.6 Å². The van der Waals surface area contributed by atoms with E-state index in [4.69, 9.17) is 23.8 Å². The fourth-order valence-electron chi connectivity index (χ4n) is 2.08. The predicted molar refractivity (Wildman–Crippen MR) is 87.3 cm³/mol. The van der Waals surface area contributed by atoms with E-state index >= 15 is 0 Å². The molecule has 0 aliphatic rings. The first-order valence-corrected chi connectivity index (χ1v) is 7.35. The molecule has 0 atom stereocenters. The number of benzene rings is 2. The first-order chi connectivity index (χ1) is 10.7. The third-order valence-corrected chi connectivity index (χ3v) is 3.81. The number of halogens is 2. The average Bonchev–Trinajstić information content (AvgIpc) is 2.89. The molecule has 3 rings (SSSR count). The van der Waals surface area contributed by atoms with Crippen molar-refractivity contribution in [2.45, 2.75) is 6.54 Å². The molecular formula is C15H12ClFN4S. The lowest BCUT2D eigenvalue weighted by Gasteiger charge is -2.11. The van der Waals surface area contributed by atoms with Crippen molar-refractivity contribution in [1.29, 1.82) is 0 Å². The summed E-state index contributed by atoms with van der Waals surface area (Å²) in [5, 5.41) is 7.29. The Bertz CT molecular complexity index is 824. The minimum Gasteiger partial charge on any atom is -0.317 e. The molecular weight excluding hydrogens is 323 g/mol. The number of nitrogens with zero attached hydrogens (tertiary/aromatic N) is 2. The lowest BCUT2D eigenvalue weighted by Crippen LogP contribution is -2.17. The number of nitrogens with one attached hydrogen (secondary N) is 2. The lowest BCUT2D eigenvalue weighted by atomic mass is 10.2. The van der Waals surface area contributed by atoms with E-state index in [-0.39, 0.29) is 12.4 Å². The molecule has 7 heteroatoms. The Morgan fingerprint density at radius 2 is 1.95 bits per heavy atom. The van der Waals surface area contributed by atoms with Crippen molar-refractivity contribution in [3.8, 4) is 11.4 Å². The smallest absolute Gasteiger partial charge is 0.214 e. The maximum Gasteiger partial charge on any atom is 0.214 e. The summed E-state index contributed by atoms with van der Waals surface area (Å²) in [6.07, 6.45) is 0. The Kier molecular flexibility index (Phi) is 4.22. The van der Waals surface area contributed by atoms with Crippen LogP contribution in [-0.4, -0.2) is 14.9 Å². The van der Waals surface area contributed by atoms with Crippen LogP contribution in [0.4, 0.5) is 4.39 Å². The van der Waals surface area contributed by atoms with E-state index in [9.17, 15) is 4.39 Å². The largest absolute Gasteiger partial charge is 0.317 e. The first-order valence-electron chi connectivity index (χ1n) is 6.56. The van der Waals surface area contributed by atoms with Crippen LogP contribution in [0.2, 0.25) is 5.02 Å². The standard InChI is InChI=1S/C15H12ClFN4S/c16-12-7-4-8-13(17)11(12)9-18-21-14(19-20-15(21)22)10-5-2-1-3-6-10/h1-8,18H,9H2,(H,20,22). The highest BCUT2D eigenvalue weighted by Crippen LogP contribution is 2.20. The average molecular weight is 335 g/mol. The summed E-state index contributed by atoms with van der Waals surface area (Å²) in [6.45, 7) is 0.194. The Hall–Kier alpha value is -2.18. The summed E-state index contributed by atoms with van der Waals surface area (Å²) in [5.41, 5.74) is 4.32. The molecule has 112 valence electrons. The van der Waals surface area contributed by atoms with E-state index in [0.717, 1.165) is 5.56 Å². The van der Waals surface area contributed by atoms with E-state index in [0.29, 0.717) is 21.2 Å². The van der Waals surface area contributed by atoms with Crippen LogP contribution in [0.5, 0.6) is 0 Å². The Morgan fingerprint density at radius 1 is 1.18 bits per heavy atom. The number of aromatic nitrogens is 3. The lowest BCUT2D eigenvalue weighted by molar-refractivity contribution is 0.608. The van der Waals surface area contributed by atoms with Gasteiger partial charge in [0.25, 0.3) is 0 Å². The van der Waals surface area contributed by atoms with Crippen molar-refractivity contribution in [2.24, 2.45) is 0 Å². The van der Waals surface area contributed by atoms with Crippen LogP contribution < -0.4 is 5.43 Å². The van der Waals surface area contributed by atoms with Gasteiger partial charge >= 0.3 is 0 Å². The molecule has 0 spiro atoms. The van der Waals surface area contributed by atoms with Gasteiger partial charge in [-0.3, -0.25) is 0 Å². The normalized spacial score (nSPS) is 10.6. The van der Waals surface area contributed by atoms with Crippen LogP contribution in [0.1, 0.15) is 5.56 Å². The van der Waals surface area contributed by atoms with Crippen LogP contribution in [0.15, 0.2) is 48.5 Å². The van der Waals surface area contributed by atoms with Crippen molar-refractivity contribution < 1.29 is 4.39 Å². The molecule has 22 heavy (non-hydrogen) atoms. The molecule has 0 aliphatic heterocycles. The van der Waals surface area contributed by atoms with E-state index in [2.05, 4.69) is 15.6 Å². The Labute approximate surface area is 136 Å². The van der Waals surface area contributed by atoms with Gasteiger partial charge in [-0.05, 0) is 24.4 Å². The van der Waals surface area contributed by atoms with Crippen molar-refractivity contribution in [3.63, 3.8) is 0 Å². The molecule has 1 aromatic heterocycles. The molecule has 0 radical (unpaired) electrons. The number of rotatable bonds is 4. The molecule has 0 saturated heterocycles. The van der Waals surface area contributed by atoms with Gasteiger partial charge in [-0.2, -0.15) is 5.10 Å². The third-order valence-electron chi connectivity index (χ3n) is 3.18. The first kappa shape index (κ1) is 14.7. The van der Waals surface area contributed by atoms with Gasteiger partial charge in [-0.25, -0.2) is 14.2 Å². The van der Waals surface area contributed by atoms with Crippen LogP contribution >= 0.6 is 23.8 Å². The van der Waals surface area contributed by atoms with Gasteiger partial charge in [-0.1, -0.05) is 48.0 Å². The third kappa shape index (κ3) is 2.88. The van der Waals surface area contributed by atoms with Gasteiger partial charge in [0.15, 0.2) is 5.82 Å². The molecule has 1 heterocycles. The van der Waals surface area contributed by atoms with E-state index < -0.39 is 0 Å². The van der Waals surface area contributed by atoms with Crippen LogP contribution in [0.25, 0.3) is 11.4 Å². The van der Waals surface area contributed by atoms with E-state index in [1.165, 1.54) is 6.07 Å². The van der Waals surface area contributed by atoms with Gasteiger partial charge in [0, 0.05) is 16.1 Å². The second kappa shape index (κ2) is 6.29. The van der Waals surface area contributed by atoms with Gasteiger partial charge in [0.1, 0.15) is 5.82 Å². The highest BCUT2D eigenvalue weighted by Gasteiger charge is 2.11. The van der Waals surface area contributed by atoms with Gasteiger partial charge in [-0.15, -0.1) is 0 Å². The zero-order chi connectivity index (χ0) is 15.5. The van der Waals surface area contributed by atoms with Gasteiger partial charge in [0.2, 0.25) is 4.77 Å². The summed E-state index contributed by atoms with van der Waals surface area (Å²) < 4.78 is 15.8. The molecule has 0 unspecified atom stereocenters. The molecule has 0 aliphatic carbocycles. The highest BCUT2D eigenvalue weighted by atomic mass is 35.5. The molecule has 3 aromatic rings. The number of aromatic amines is 1. The number of hydrogen-bond acceptors (Lipinski definition) is 3. The molecule has 0 bridgehead atoms. The molecule has 2 aromatic carbocycles. The molecule has 4 nitrogen and oxygen atoms in total. The second-order valence-electron chi connectivity index (χ2n) is 4.59. The van der Waals surface area contributed by atoms with E-state index in [1.54, 1.807) is 16.8 Å². The Balaban J connectivity index is 1.91. The maximum atomic E-state index is 13.8. The predicted octanol–water partition coefficient (Wildman–Crippen LogP) is 4.14. The minimum absolute atomic E-state index is 0.194. The summed E-state index contributed by atoms with van der Waals surface area (Å²) in [7, 11) is 0. The van der Waals surface area contributed by atoms with Crippen molar-refractivity contribution in [3.05, 3.63) is 69.7 Å². The van der Waals surface area contributed by atoms with E-state index in [1.807, 2.05) is 30.3 Å². The zero-order valence-electron chi connectivity index (χ0n) is 11.4. The number of hydrogen-bond donors (Lipinski definition) is 2. The van der Waals surface area contributed by atoms with Crippen LogP contribution in [0.3, 0.4) is 0 Å². The summed E-state index contributed by atoms with van der Waals surface area (Å²) >= 11 is 11.2. The van der Waals surface area contributed by atoms with Crippen molar-refractivity contribution in [1.82, 2.24) is 14.9 Å². The summed E-state index contributed by atoms with van der Waals surface area (Å²) in [5.74, 6) is 0.259. The monoisotopic (exact) mass is 334 g/mol. The fourth-order valence-corrected chi connectivity index (χ4v) is 2.51. The highest BCUT2D eigenvalue weighted by molar-refractivity contribution is 7.71. The zero-order valence-corrected chi connectivity index (χ0v) is 13.0. The summed E-state index contributed by atoms with van der Waals surface area (Å²) in [6, 6.07) is 14.2. The van der Waals surface area contributed by atoms with Crippen molar-refractivity contribution in [2.75, 3.05) is 5.43 Å². The fraction of sp³-hybridized carbons (Fsp3) is 0.0667. The van der Waals surface area contributed by atoms with Gasteiger partial charge in [0.05, 0.1) is 6.54 Å². The minimum atomic E-state index is -0.365.